The molecule has 0 heterocycles. The van der Waals surface area contributed by atoms with Gasteiger partial charge in [0.2, 0.25) is 0 Å². The number of hydrogen-bond acceptors (Lipinski definition) is 3. The van der Waals surface area contributed by atoms with Crippen LogP contribution in [0.25, 0.3) is 0 Å². The molecule has 0 aromatic heterocycles. The van der Waals surface area contributed by atoms with Gasteiger partial charge in [0.25, 0.3) is 0 Å². The second-order valence-electron chi connectivity index (χ2n) is 2.37. The molecule has 0 atom stereocenters. The average Bonchev–Trinajstić information content (AvgIpc) is 2.13. The Morgan fingerprint density at radius 2 is 1.62 bits per heavy atom. The van der Waals surface area contributed by atoms with Gasteiger partial charge in [-0.2, -0.15) is 0 Å². The minimum atomic E-state index is 0.249. The molecule has 1 aromatic rings. The van der Waals surface area contributed by atoms with Crippen LogP contribution in [0.3, 0.4) is 0 Å². The molecule has 0 radical (unpaired) electrons. The smallest absolute Gasteiger partial charge is 0.115 e. The van der Waals surface area contributed by atoms with Crippen molar-refractivity contribution in [1.82, 2.24) is 0 Å². The van der Waals surface area contributed by atoms with Crippen LogP contribution in [0.2, 0.25) is 0 Å². The zero-order chi connectivity index (χ0) is 10.1. The summed E-state index contributed by atoms with van der Waals surface area (Å²) >= 11 is 0. The molecule has 3 N–H and O–H groups in total. The van der Waals surface area contributed by atoms with E-state index < -0.39 is 0 Å². The Labute approximate surface area is 79.1 Å². The van der Waals surface area contributed by atoms with Crippen molar-refractivity contribution in [1.29, 1.82) is 0 Å². The first-order chi connectivity index (χ1) is 6.20. The third-order valence-corrected chi connectivity index (χ3v) is 1.30. The molecule has 74 valence electrons. The van der Waals surface area contributed by atoms with Gasteiger partial charge in [-0.1, -0.05) is 0 Å². The van der Waals surface area contributed by atoms with Crippen LogP contribution in [0.1, 0.15) is 13.8 Å². The predicted octanol–water partition coefficient (Wildman–Crippen LogP) is 2.02. The predicted molar refractivity (Wildman–Crippen MR) is 54.7 cm³/mol. The van der Waals surface area contributed by atoms with E-state index in [4.69, 9.17) is 15.6 Å². The summed E-state index contributed by atoms with van der Waals surface area (Å²) in [5, 5.41) is 8.70. The summed E-state index contributed by atoms with van der Waals surface area (Å²) in [5.74, 6) is 0.249. The van der Waals surface area contributed by atoms with E-state index in [2.05, 4.69) is 0 Å². The molecule has 0 amide bonds. The molecule has 0 aliphatic rings. The Kier molecular flexibility index (Phi) is 6.73. The summed E-state index contributed by atoms with van der Waals surface area (Å²) in [6.45, 7) is 5.67. The first kappa shape index (κ1) is 11.8. The van der Waals surface area contributed by atoms with Crippen molar-refractivity contribution in [3.63, 3.8) is 0 Å². The van der Waals surface area contributed by atoms with Crippen LogP contribution in [0.5, 0.6) is 5.75 Å². The van der Waals surface area contributed by atoms with Gasteiger partial charge in [-0.05, 0) is 38.1 Å². The lowest BCUT2D eigenvalue weighted by molar-refractivity contribution is 0.162. The molecule has 3 heteroatoms. The highest BCUT2D eigenvalue weighted by Crippen LogP contribution is 2.09. The van der Waals surface area contributed by atoms with E-state index in [9.17, 15) is 0 Å². The van der Waals surface area contributed by atoms with E-state index in [-0.39, 0.29) is 5.75 Å². The van der Waals surface area contributed by atoms with Crippen LogP contribution in [0, 0.1) is 0 Å². The lowest BCUT2D eigenvalue weighted by atomic mass is 10.3. The maximum Gasteiger partial charge on any atom is 0.115 e. The van der Waals surface area contributed by atoms with Crippen LogP contribution >= 0.6 is 0 Å². The number of ether oxygens (including phenoxy) is 1. The summed E-state index contributed by atoms with van der Waals surface area (Å²) in [6, 6.07) is 6.40. The molecule has 0 saturated carbocycles. The zero-order valence-electron chi connectivity index (χ0n) is 8.16. The molecule has 1 rings (SSSR count). The van der Waals surface area contributed by atoms with Crippen LogP contribution in [-0.4, -0.2) is 18.3 Å². The number of rotatable bonds is 2. The standard InChI is InChI=1S/C6H7NO.C4H10O/c7-5-1-3-6(8)4-2-5;1-3-5-4-2/h1-4,8H,7H2;3-4H2,1-2H3. The van der Waals surface area contributed by atoms with Crippen molar-refractivity contribution in [2.24, 2.45) is 0 Å². The Balaban J connectivity index is 0.000000252. The topological polar surface area (TPSA) is 55.5 Å². The Morgan fingerprint density at radius 1 is 1.15 bits per heavy atom. The summed E-state index contributed by atoms with van der Waals surface area (Å²) in [5.41, 5.74) is 5.98. The number of benzene rings is 1. The minimum Gasteiger partial charge on any atom is -0.508 e. The summed E-state index contributed by atoms with van der Waals surface area (Å²) in [4.78, 5) is 0. The van der Waals surface area contributed by atoms with E-state index in [1.54, 1.807) is 24.3 Å². The third kappa shape index (κ3) is 7.15. The van der Waals surface area contributed by atoms with Crippen molar-refractivity contribution in [2.45, 2.75) is 13.8 Å². The van der Waals surface area contributed by atoms with Crippen LogP contribution in [-0.2, 0) is 4.74 Å². The fourth-order valence-corrected chi connectivity index (χ4v) is 0.678. The minimum absolute atomic E-state index is 0.249. The number of hydrogen-bond donors (Lipinski definition) is 2. The molecule has 3 nitrogen and oxygen atoms in total. The average molecular weight is 183 g/mol. The highest BCUT2D eigenvalue weighted by atomic mass is 16.5. The van der Waals surface area contributed by atoms with Gasteiger partial charge in [0, 0.05) is 18.9 Å². The van der Waals surface area contributed by atoms with E-state index >= 15 is 0 Å². The Morgan fingerprint density at radius 3 is 1.85 bits per heavy atom. The van der Waals surface area contributed by atoms with Crippen LogP contribution in [0.4, 0.5) is 5.69 Å². The number of nitrogens with two attached hydrogens (primary N) is 1. The largest absolute Gasteiger partial charge is 0.508 e. The summed E-state index contributed by atoms with van der Waals surface area (Å²) < 4.78 is 4.83. The normalized spacial score (nSPS) is 8.77. The van der Waals surface area contributed by atoms with E-state index in [1.165, 1.54) is 0 Å². The van der Waals surface area contributed by atoms with Crippen LogP contribution < -0.4 is 5.73 Å². The molecule has 0 bridgehead atoms. The first-order valence-electron chi connectivity index (χ1n) is 4.33. The highest BCUT2D eigenvalue weighted by molar-refractivity contribution is 5.40. The number of nitrogen functional groups attached to an aromatic ring is 1. The van der Waals surface area contributed by atoms with Gasteiger partial charge in [-0.15, -0.1) is 0 Å². The van der Waals surface area contributed by atoms with E-state index in [1.807, 2.05) is 13.8 Å². The van der Waals surface area contributed by atoms with E-state index in [0.29, 0.717) is 5.69 Å². The molecule has 0 unspecified atom stereocenters. The fourth-order valence-electron chi connectivity index (χ4n) is 0.678. The number of phenols is 1. The second-order valence-corrected chi connectivity index (χ2v) is 2.37. The van der Waals surface area contributed by atoms with Crippen molar-refractivity contribution >= 4 is 5.69 Å². The monoisotopic (exact) mass is 183 g/mol. The molecular weight excluding hydrogens is 166 g/mol. The lowest BCUT2D eigenvalue weighted by Gasteiger charge is -1.89. The van der Waals surface area contributed by atoms with Gasteiger partial charge in [0.1, 0.15) is 5.75 Å². The van der Waals surface area contributed by atoms with Crippen molar-refractivity contribution < 1.29 is 9.84 Å². The molecule has 0 spiro atoms. The Bertz CT molecular complexity index is 186. The number of phenolic OH excluding ortho intramolecular Hbond substituents is 1. The SMILES string of the molecule is CCOCC.Nc1ccc(O)cc1. The van der Waals surface area contributed by atoms with E-state index in [0.717, 1.165) is 13.2 Å². The molecule has 0 aliphatic heterocycles. The quantitative estimate of drug-likeness (QED) is 0.544. The molecule has 1 aromatic carbocycles. The second kappa shape index (κ2) is 7.43. The van der Waals surface area contributed by atoms with Gasteiger partial charge in [-0.3, -0.25) is 0 Å². The van der Waals surface area contributed by atoms with Gasteiger partial charge in [0.05, 0.1) is 0 Å². The summed E-state index contributed by atoms with van der Waals surface area (Å²) in [6.07, 6.45) is 0. The first-order valence-corrected chi connectivity index (χ1v) is 4.33. The summed E-state index contributed by atoms with van der Waals surface area (Å²) in [7, 11) is 0. The third-order valence-electron chi connectivity index (χ3n) is 1.30. The van der Waals surface area contributed by atoms with Crippen molar-refractivity contribution in [3.8, 4) is 5.75 Å². The number of anilines is 1. The highest BCUT2D eigenvalue weighted by Gasteiger charge is 1.82. The van der Waals surface area contributed by atoms with Gasteiger partial charge < -0.3 is 15.6 Å². The van der Waals surface area contributed by atoms with Gasteiger partial charge >= 0.3 is 0 Å². The maximum atomic E-state index is 8.70. The lowest BCUT2D eigenvalue weighted by Crippen LogP contribution is -1.84. The molecule has 0 fully saturated rings. The van der Waals surface area contributed by atoms with Crippen LogP contribution in [0.15, 0.2) is 24.3 Å². The number of aromatic hydroxyl groups is 1. The van der Waals surface area contributed by atoms with Crippen molar-refractivity contribution in [3.05, 3.63) is 24.3 Å². The Hall–Kier alpha value is -1.22. The molecular formula is C10H17NO2. The van der Waals surface area contributed by atoms with Crippen molar-refractivity contribution in [2.75, 3.05) is 18.9 Å². The zero-order valence-corrected chi connectivity index (χ0v) is 8.16. The molecule has 13 heavy (non-hydrogen) atoms. The molecule has 0 saturated heterocycles. The maximum absolute atomic E-state index is 8.70. The fraction of sp³-hybridized carbons (Fsp3) is 0.400. The van der Waals surface area contributed by atoms with Gasteiger partial charge in [0.15, 0.2) is 0 Å². The molecule has 0 aliphatic carbocycles. The van der Waals surface area contributed by atoms with Gasteiger partial charge in [-0.25, -0.2) is 0 Å².